The molecule has 0 aliphatic heterocycles. The third-order valence-electron chi connectivity index (χ3n) is 11.3. The summed E-state index contributed by atoms with van der Waals surface area (Å²) in [5.74, 6) is 0.703. The molecule has 0 aliphatic rings. The first-order valence-electron chi connectivity index (χ1n) is 19.2. The van der Waals surface area contributed by atoms with E-state index in [2.05, 4.69) is 182 Å². The summed E-state index contributed by atoms with van der Waals surface area (Å²) in [7, 11) is 0. The highest BCUT2D eigenvalue weighted by molar-refractivity contribution is 6.38. The van der Waals surface area contributed by atoms with Crippen molar-refractivity contribution in [2.24, 2.45) is 0 Å². The molecule has 0 N–H and O–H groups in total. The van der Waals surface area contributed by atoms with Gasteiger partial charge in [-0.2, -0.15) is 0 Å². The SMILES string of the molecule is c1ccc(-c2cc(-c3ccc4c5ccccc5c5ccccc5c5ccccc5c5c6ccccc6c6ccccc6c5c4c3)nc(-c3ccccc3)n2)cc1. The monoisotopic (exact) mass is 710 g/mol. The average molecular weight is 711 g/mol. The van der Waals surface area contributed by atoms with Crippen LogP contribution >= 0.6 is 0 Å². The summed E-state index contributed by atoms with van der Waals surface area (Å²) < 4.78 is 0. The Kier molecular flexibility index (Phi) is 7.53. The van der Waals surface area contributed by atoms with Crippen LogP contribution in [0.5, 0.6) is 0 Å². The number of nitrogens with zero attached hydrogens (tertiary/aromatic N) is 2. The second-order valence-corrected chi connectivity index (χ2v) is 14.4. The molecule has 1 heterocycles. The van der Waals surface area contributed by atoms with E-state index in [1.807, 2.05) is 24.3 Å². The van der Waals surface area contributed by atoms with Crippen molar-refractivity contribution in [2.75, 3.05) is 0 Å². The van der Waals surface area contributed by atoms with Gasteiger partial charge in [0.25, 0.3) is 0 Å². The predicted molar refractivity (Wildman–Crippen MR) is 239 cm³/mol. The summed E-state index contributed by atoms with van der Waals surface area (Å²) in [6.07, 6.45) is 0. The maximum absolute atomic E-state index is 5.29. The third kappa shape index (κ3) is 5.19. The number of aromatic nitrogens is 2. The highest BCUT2D eigenvalue weighted by Gasteiger charge is 2.17. The largest absolute Gasteiger partial charge is 0.228 e. The smallest absolute Gasteiger partial charge is 0.160 e. The van der Waals surface area contributed by atoms with Crippen LogP contribution in [0, 0.1) is 0 Å². The average Bonchev–Trinajstić information content (AvgIpc) is 3.28. The fourth-order valence-corrected chi connectivity index (χ4v) is 8.76. The van der Waals surface area contributed by atoms with Crippen LogP contribution in [0.1, 0.15) is 0 Å². The lowest BCUT2D eigenvalue weighted by molar-refractivity contribution is 1.18. The number of benzene rings is 9. The molecule has 0 fully saturated rings. The van der Waals surface area contributed by atoms with Crippen LogP contribution in [0.4, 0.5) is 0 Å². The zero-order valence-corrected chi connectivity index (χ0v) is 30.5. The van der Waals surface area contributed by atoms with Crippen LogP contribution in [0.2, 0.25) is 0 Å². The van der Waals surface area contributed by atoms with Gasteiger partial charge in [0.15, 0.2) is 5.82 Å². The molecule has 0 aliphatic carbocycles. The summed E-state index contributed by atoms with van der Waals surface area (Å²) in [5, 5.41) is 17.0. The van der Waals surface area contributed by atoms with Gasteiger partial charge in [-0.15, -0.1) is 0 Å². The van der Waals surface area contributed by atoms with E-state index in [0.717, 1.165) is 28.1 Å². The molecule has 0 unspecified atom stereocenters. The minimum Gasteiger partial charge on any atom is -0.228 e. The topological polar surface area (TPSA) is 25.8 Å². The van der Waals surface area contributed by atoms with Gasteiger partial charge in [-0.25, -0.2) is 9.97 Å². The van der Waals surface area contributed by atoms with E-state index in [9.17, 15) is 0 Å². The number of hydrogen-bond acceptors (Lipinski definition) is 2. The molecule has 1 aromatic heterocycles. The lowest BCUT2D eigenvalue weighted by atomic mass is 9.88. The zero-order valence-electron chi connectivity index (χ0n) is 30.5. The van der Waals surface area contributed by atoms with Crippen molar-refractivity contribution in [1.82, 2.24) is 9.97 Å². The molecule has 0 bridgehead atoms. The van der Waals surface area contributed by atoms with Crippen LogP contribution in [-0.4, -0.2) is 9.97 Å². The molecule has 11 rings (SSSR count). The maximum Gasteiger partial charge on any atom is 0.160 e. The van der Waals surface area contributed by atoms with Crippen molar-refractivity contribution >= 4 is 75.4 Å². The van der Waals surface area contributed by atoms with Gasteiger partial charge in [0, 0.05) is 16.7 Å². The van der Waals surface area contributed by atoms with Gasteiger partial charge in [-0.05, 0) is 87.5 Å². The van der Waals surface area contributed by atoms with Crippen LogP contribution in [0.3, 0.4) is 0 Å². The molecule has 2 heteroatoms. The summed E-state index contributed by atoms with van der Waals surface area (Å²) in [4.78, 5) is 10.4. The quantitative estimate of drug-likeness (QED) is 0.171. The molecular formula is C54H34N2. The lowest BCUT2D eigenvalue weighted by Crippen LogP contribution is -1.96. The maximum atomic E-state index is 5.29. The Balaban J connectivity index is 1.40. The molecule has 0 radical (unpaired) electrons. The number of hydrogen-bond donors (Lipinski definition) is 0. The molecule has 2 nitrogen and oxygen atoms in total. The second-order valence-electron chi connectivity index (χ2n) is 14.4. The molecule has 0 saturated heterocycles. The van der Waals surface area contributed by atoms with Crippen LogP contribution in [-0.2, 0) is 0 Å². The minimum absolute atomic E-state index is 0.703. The zero-order chi connectivity index (χ0) is 37.0. The van der Waals surface area contributed by atoms with Gasteiger partial charge in [0.2, 0.25) is 0 Å². The molecule has 0 spiro atoms. The first-order valence-corrected chi connectivity index (χ1v) is 19.2. The van der Waals surface area contributed by atoms with E-state index < -0.39 is 0 Å². The van der Waals surface area contributed by atoms with Gasteiger partial charge >= 0.3 is 0 Å². The van der Waals surface area contributed by atoms with E-state index in [1.165, 1.54) is 75.4 Å². The Morgan fingerprint density at radius 1 is 0.214 bits per heavy atom. The van der Waals surface area contributed by atoms with Crippen molar-refractivity contribution in [3.63, 3.8) is 0 Å². The molecule has 10 aromatic carbocycles. The highest BCUT2D eigenvalue weighted by atomic mass is 14.9. The standard InChI is InChI=1S/C54H34N2/c1-3-17-35(18-4-1)50-34-51(56-54(55-50)36-19-5-2-6-20-36)37-31-32-45-41-24-10-8-22-39(41)38-21-7-9-23-40(38)42-25-11-14-28-46(42)52-47-29-15-12-26-43(47)44-27-13-16-30-48(44)53(52)49(45)33-37/h1-34H. The van der Waals surface area contributed by atoms with Crippen molar-refractivity contribution in [1.29, 1.82) is 0 Å². The van der Waals surface area contributed by atoms with Crippen LogP contribution in [0.15, 0.2) is 206 Å². The Morgan fingerprint density at radius 3 is 0.982 bits per heavy atom. The molecule has 0 amide bonds. The second kappa shape index (κ2) is 13.2. The first-order chi connectivity index (χ1) is 27.8. The first kappa shape index (κ1) is 32.0. The predicted octanol–water partition coefficient (Wildman–Crippen LogP) is 14.7. The van der Waals surface area contributed by atoms with Crippen molar-refractivity contribution in [3.8, 4) is 33.9 Å². The van der Waals surface area contributed by atoms with Crippen molar-refractivity contribution < 1.29 is 0 Å². The third-order valence-corrected chi connectivity index (χ3v) is 11.3. The number of rotatable bonds is 3. The fourth-order valence-electron chi connectivity index (χ4n) is 8.76. The molecule has 56 heavy (non-hydrogen) atoms. The van der Waals surface area contributed by atoms with E-state index in [-0.39, 0.29) is 0 Å². The van der Waals surface area contributed by atoms with Crippen molar-refractivity contribution in [2.45, 2.75) is 0 Å². The summed E-state index contributed by atoms with van der Waals surface area (Å²) in [6, 6.07) is 74.4. The van der Waals surface area contributed by atoms with Gasteiger partial charge in [0.05, 0.1) is 11.4 Å². The lowest BCUT2D eigenvalue weighted by Gasteiger charge is -2.15. The van der Waals surface area contributed by atoms with Gasteiger partial charge in [-0.1, -0.05) is 194 Å². The van der Waals surface area contributed by atoms with Gasteiger partial charge in [0.1, 0.15) is 0 Å². The van der Waals surface area contributed by atoms with E-state index in [1.54, 1.807) is 0 Å². The van der Waals surface area contributed by atoms with Gasteiger partial charge in [-0.3, -0.25) is 0 Å². The Bertz CT molecular complexity index is 3350. The van der Waals surface area contributed by atoms with E-state index in [4.69, 9.17) is 9.97 Å². The molecule has 0 atom stereocenters. The number of fused-ring (bicyclic) bond motifs is 15. The fraction of sp³-hybridized carbons (Fsp3) is 0. The van der Waals surface area contributed by atoms with E-state index in [0.29, 0.717) is 5.82 Å². The Labute approximate surface area is 324 Å². The summed E-state index contributed by atoms with van der Waals surface area (Å²) in [6.45, 7) is 0. The molecule has 0 saturated carbocycles. The Morgan fingerprint density at radius 2 is 0.536 bits per heavy atom. The molecule has 260 valence electrons. The summed E-state index contributed by atoms with van der Waals surface area (Å²) >= 11 is 0. The minimum atomic E-state index is 0.703. The summed E-state index contributed by atoms with van der Waals surface area (Å²) in [5.41, 5.74) is 4.84. The van der Waals surface area contributed by atoms with Crippen LogP contribution < -0.4 is 0 Å². The molecule has 11 aromatic rings. The van der Waals surface area contributed by atoms with E-state index >= 15 is 0 Å². The van der Waals surface area contributed by atoms with Gasteiger partial charge < -0.3 is 0 Å². The molecular weight excluding hydrogens is 677 g/mol. The highest BCUT2D eigenvalue weighted by Crippen LogP contribution is 2.43. The normalized spacial score (nSPS) is 11.6. The van der Waals surface area contributed by atoms with Crippen LogP contribution in [0.25, 0.3) is 109 Å². The van der Waals surface area contributed by atoms with Crippen molar-refractivity contribution in [3.05, 3.63) is 206 Å². The Hall–Kier alpha value is -7.42.